The summed E-state index contributed by atoms with van der Waals surface area (Å²) in [5, 5.41) is 0.574. The van der Waals surface area contributed by atoms with E-state index in [4.69, 9.17) is 17.4 Å². The van der Waals surface area contributed by atoms with Gasteiger partial charge >= 0.3 is 0 Å². The van der Waals surface area contributed by atoms with Gasteiger partial charge in [0.1, 0.15) is 5.02 Å². The molecule has 1 aromatic heterocycles. The number of hydrogen-bond donors (Lipinski definition) is 2. The summed E-state index contributed by atoms with van der Waals surface area (Å²) < 4.78 is 0. The predicted octanol–water partition coefficient (Wildman–Crippen LogP) is 2.04. The van der Waals surface area contributed by atoms with E-state index in [9.17, 15) is 0 Å². The molecule has 3 N–H and O–H groups in total. The number of aromatic nitrogens is 2. The number of piperidine rings is 1. The van der Waals surface area contributed by atoms with Crippen LogP contribution in [0.1, 0.15) is 26.7 Å². The third-order valence-corrected chi connectivity index (χ3v) is 3.53. The van der Waals surface area contributed by atoms with E-state index in [-0.39, 0.29) is 0 Å². The highest BCUT2D eigenvalue weighted by molar-refractivity contribution is 6.32. The van der Waals surface area contributed by atoms with Gasteiger partial charge in [0.2, 0.25) is 5.95 Å². The Kier molecular flexibility index (Phi) is 3.69. The lowest BCUT2D eigenvalue weighted by Crippen LogP contribution is -2.41. The molecule has 6 heteroatoms. The van der Waals surface area contributed by atoms with Gasteiger partial charge in [-0.05, 0) is 25.7 Å². The van der Waals surface area contributed by atoms with Crippen LogP contribution in [-0.2, 0) is 0 Å². The van der Waals surface area contributed by atoms with Gasteiger partial charge in [0, 0.05) is 12.6 Å². The summed E-state index contributed by atoms with van der Waals surface area (Å²) in [4.78, 5) is 10.6. The molecule has 94 valence electrons. The van der Waals surface area contributed by atoms with Gasteiger partial charge in [0.25, 0.3) is 0 Å². The number of hydrogen-bond acceptors (Lipinski definition) is 5. The maximum absolute atomic E-state index is 6.15. The second-order valence-corrected chi connectivity index (χ2v) is 5.09. The molecule has 2 atom stereocenters. The zero-order chi connectivity index (χ0) is 12.4. The van der Waals surface area contributed by atoms with Gasteiger partial charge in [-0.1, -0.05) is 18.5 Å². The maximum Gasteiger partial charge on any atom is 0.239 e. The molecular weight excluding hydrogens is 238 g/mol. The number of rotatable bonds is 2. The van der Waals surface area contributed by atoms with E-state index >= 15 is 0 Å². The van der Waals surface area contributed by atoms with Crippen LogP contribution in [0.3, 0.4) is 0 Å². The summed E-state index contributed by atoms with van der Waals surface area (Å²) in [5.74, 6) is 7.25. The average molecular weight is 256 g/mol. The van der Waals surface area contributed by atoms with Crippen LogP contribution in [0.2, 0.25) is 5.02 Å². The second-order valence-electron chi connectivity index (χ2n) is 4.68. The van der Waals surface area contributed by atoms with E-state index in [1.54, 1.807) is 6.20 Å². The Hall–Kier alpha value is -1.07. The minimum atomic E-state index is 0.398. The molecule has 2 rings (SSSR count). The maximum atomic E-state index is 6.15. The van der Waals surface area contributed by atoms with Gasteiger partial charge in [0.05, 0.1) is 6.20 Å². The van der Waals surface area contributed by atoms with Gasteiger partial charge in [-0.25, -0.2) is 10.8 Å². The molecule has 1 saturated heterocycles. The minimum absolute atomic E-state index is 0.398. The average Bonchev–Trinajstić information content (AvgIpc) is 2.30. The predicted molar refractivity (Wildman–Crippen MR) is 70.1 cm³/mol. The van der Waals surface area contributed by atoms with Crippen LogP contribution < -0.4 is 16.2 Å². The van der Waals surface area contributed by atoms with E-state index in [2.05, 4.69) is 34.1 Å². The van der Waals surface area contributed by atoms with Gasteiger partial charge in [-0.2, -0.15) is 4.98 Å². The fourth-order valence-electron chi connectivity index (χ4n) is 2.35. The third-order valence-electron chi connectivity index (χ3n) is 3.27. The van der Waals surface area contributed by atoms with E-state index in [0.717, 1.165) is 31.1 Å². The van der Waals surface area contributed by atoms with Crippen LogP contribution in [0.5, 0.6) is 0 Å². The molecule has 0 spiro atoms. The molecule has 0 amide bonds. The summed E-state index contributed by atoms with van der Waals surface area (Å²) in [6.07, 6.45) is 3.91. The monoisotopic (exact) mass is 255 g/mol. The standard InChI is InChI=1S/C11H18ClN5/c1-7-3-4-17(8(2)5-7)10-9(12)6-14-11(15-10)16-13/h6-8H,3-5,13H2,1-2H3,(H,14,15,16). The first-order chi connectivity index (χ1) is 8.11. The molecule has 0 bridgehead atoms. The van der Waals surface area contributed by atoms with Crippen LogP contribution >= 0.6 is 11.6 Å². The first-order valence-electron chi connectivity index (χ1n) is 5.87. The molecule has 0 aromatic carbocycles. The Bertz CT molecular complexity index is 397. The fraction of sp³-hybridized carbons (Fsp3) is 0.636. The summed E-state index contributed by atoms with van der Waals surface area (Å²) in [6.45, 7) is 5.45. The number of halogens is 1. The molecule has 0 saturated carbocycles. The van der Waals surface area contributed by atoms with Crippen molar-refractivity contribution in [3.05, 3.63) is 11.2 Å². The lowest BCUT2D eigenvalue weighted by Gasteiger charge is -2.37. The van der Waals surface area contributed by atoms with Gasteiger partial charge in [-0.3, -0.25) is 5.43 Å². The Balaban J connectivity index is 2.26. The normalized spacial score (nSPS) is 24.8. The molecule has 0 aliphatic carbocycles. The molecule has 1 aromatic rings. The quantitative estimate of drug-likeness (QED) is 0.625. The van der Waals surface area contributed by atoms with Crippen molar-refractivity contribution in [1.82, 2.24) is 9.97 Å². The first kappa shape index (κ1) is 12.4. The number of nitrogens with two attached hydrogens (primary N) is 1. The topological polar surface area (TPSA) is 67.1 Å². The SMILES string of the molecule is CC1CCN(c2nc(NN)ncc2Cl)C(C)C1. The lowest BCUT2D eigenvalue weighted by atomic mass is 9.93. The van der Waals surface area contributed by atoms with Crippen molar-refractivity contribution in [2.24, 2.45) is 11.8 Å². The number of nitrogens with zero attached hydrogens (tertiary/aromatic N) is 3. The highest BCUT2D eigenvalue weighted by Gasteiger charge is 2.25. The molecule has 2 heterocycles. The van der Waals surface area contributed by atoms with Crippen LogP contribution in [0, 0.1) is 5.92 Å². The molecule has 1 aliphatic rings. The second kappa shape index (κ2) is 5.06. The van der Waals surface area contributed by atoms with Gasteiger partial charge in [-0.15, -0.1) is 0 Å². The van der Waals surface area contributed by atoms with Crippen LogP contribution in [0.15, 0.2) is 6.20 Å². The largest absolute Gasteiger partial charge is 0.352 e. The number of hydrazine groups is 1. The Morgan fingerprint density at radius 2 is 2.29 bits per heavy atom. The van der Waals surface area contributed by atoms with E-state index in [0.29, 0.717) is 17.0 Å². The van der Waals surface area contributed by atoms with Crippen molar-refractivity contribution in [2.45, 2.75) is 32.7 Å². The zero-order valence-electron chi connectivity index (χ0n) is 10.2. The van der Waals surface area contributed by atoms with Gasteiger partial charge < -0.3 is 4.90 Å². The minimum Gasteiger partial charge on any atom is -0.352 e. The van der Waals surface area contributed by atoms with E-state index < -0.39 is 0 Å². The lowest BCUT2D eigenvalue weighted by molar-refractivity contribution is 0.376. The van der Waals surface area contributed by atoms with E-state index in [1.807, 2.05) is 0 Å². The zero-order valence-corrected chi connectivity index (χ0v) is 10.9. The summed E-state index contributed by atoms with van der Waals surface area (Å²) >= 11 is 6.15. The summed E-state index contributed by atoms with van der Waals surface area (Å²) in [6, 6.07) is 0.441. The summed E-state index contributed by atoms with van der Waals surface area (Å²) in [5.41, 5.74) is 2.45. The molecule has 0 radical (unpaired) electrons. The Morgan fingerprint density at radius 3 is 2.94 bits per heavy atom. The van der Waals surface area contributed by atoms with E-state index in [1.165, 1.54) is 0 Å². The molecule has 1 fully saturated rings. The van der Waals surface area contributed by atoms with Crippen LogP contribution in [-0.4, -0.2) is 22.6 Å². The van der Waals surface area contributed by atoms with Crippen molar-refractivity contribution in [2.75, 3.05) is 16.9 Å². The van der Waals surface area contributed by atoms with Gasteiger partial charge in [0.15, 0.2) is 5.82 Å². The fourth-order valence-corrected chi connectivity index (χ4v) is 2.55. The number of nitrogens with one attached hydrogen (secondary N) is 1. The van der Waals surface area contributed by atoms with Crippen molar-refractivity contribution >= 4 is 23.4 Å². The van der Waals surface area contributed by atoms with Crippen LogP contribution in [0.25, 0.3) is 0 Å². The van der Waals surface area contributed by atoms with Crippen molar-refractivity contribution < 1.29 is 0 Å². The molecule has 1 aliphatic heterocycles. The number of anilines is 2. The highest BCUT2D eigenvalue weighted by Crippen LogP contribution is 2.31. The summed E-state index contributed by atoms with van der Waals surface area (Å²) in [7, 11) is 0. The molecule has 5 nitrogen and oxygen atoms in total. The number of nitrogen functional groups attached to an aromatic ring is 1. The van der Waals surface area contributed by atoms with Crippen molar-refractivity contribution in [1.29, 1.82) is 0 Å². The Labute approximate surface area is 106 Å². The smallest absolute Gasteiger partial charge is 0.239 e. The molecule has 2 unspecified atom stereocenters. The van der Waals surface area contributed by atoms with Crippen molar-refractivity contribution in [3.63, 3.8) is 0 Å². The highest BCUT2D eigenvalue weighted by atomic mass is 35.5. The molecular formula is C11H18ClN5. The van der Waals surface area contributed by atoms with Crippen LogP contribution in [0.4, 0.5) is 11.8 Å². The molecule has 17 heavy (non-hydrogen) atoms. The Morgan fingerprint density at radius 1 is 1.53 bits per heavy atom. The van der Waals surface area contributed by atoms with Crippen molar-refractivity contribution in [3.8, 4) is 0 Å². The first-order valence-corrected chi connectivity index (χ1v) is 6.25. The third kappa shape index (κ3) is 2.61.